The zero-order valence-electron chi connectivity index (χ0n) is 46.5. The van der Waals surface area contributed by atoms with Gasteiger partial charge in [0, 0.05) is 0 Å². The van der Waals surface area contributed by atoms with Crippen molar-refractivity contribution in [2.45, 2.75) is 327 Å². The van der Waals surface area contributed by atoms with Gasteiger partial charge in [0.05, 0.1) is 0 Å². The van der Waals surface area contributed by atoms with Crippen LogP contribution in [0.25, 0.3) is 0 Å². The first-order valence-electron chi connectivity index (χ1n) is 34.0. The topological polar surface area (TPSA) is 0 Å². The van der Waals surface area contributed by atoms with E-state index >= 15 is 0 Å². The summed E-state index contributed by atoms with van der Waals surface area (Å²) in [4.78, 5) is 0. The van der Waals surface area contributed by atoms with Crippen molar-refractivity contribution in [1.82, 2.24) is 0 Å². The zero-order chi connectivity index (χ0) is 46.5. The summed E-state index contributed by atoms with van der Waals surface area (Å²) in [5, 5.41) is 0. The van der Waals surface area contributed by atoms with Crippen molar-refractivity contribution in [3.05, 3.63) is 0 Å². The molecule has 0 aromatic rings. The first-order chi connectivity index (χ1) is 34.0. The molecule has 22 fully saturated rings. The molecular weight excluding hydrogens is 829 g/mol. The monoisotopic (exact) mass is 949 g/mol. The number of hydrogen-bond acceptors (Lipinski definition) is 0. The molecule has 0 nitrogen and oxygen atoms in total. The van der Waals surface area contributed by atoms with Gasteiger partial charge in [-0.15, -0.1) is 0 Å². The summed E-state index contributed by atoms with van der Waals surface area (Å²) < 4.78 is 0. The molecule has 22 aliphatic rings. The minimum absolute atomic E-state index is 1.14. The quantitative estimate of drug-likeness (QED) is 0.227. The van der Waals surface area contributed by atoms with Gasteiger partial charge in [0.15, 0.2) is 0 Å². The fourth-order valence-corrected chi connectivity index (χ4v) is 19.8. The molecule has 6 atom stereocenters. The maximum Gasteiger partial charge on any atom is -0.0406 e. The van der Waals surface area contributed by atoms with E-state index in [4.69, 9.17) is 0 Å². The van der Waals surface area contributed by atoms with Crippen molar-refractivity contribution in [3.8, 4) is 0 Å². The minimum Gasteiger partial charge on any atom is -0.0530 e. The largest absolute Gasteiger partial charge is 0.0530 e. The molecule has 69 heavy (non-hydrogen) atoms. The Morgan fingerprint density at radius 2 is 0.188 bits per heavy atom. The number of hydrogen-bond donors (Lipinski definition) is 0. The molecule has 0 aromatic carbocycles. The molecule has 0 saturated heterocycles. The van der Waals surface area contributed by atoms with Gasteiger partial charge in [0.25, 0.3) is 0 Å². The summed E-state index contributed by atoms with van der Waals surface area (Å²) in [7, 11) is 0. The normalized spacial score (nSPS) is 45.9. The summed E-state index contributed by atoms with van der Waals surface area (Å²) in [6.45, 7) is 0. The summed E-state index contributed by atoms with van der Waals surface area (Å²) in [6, 6.07) is 0. The first-order valence-corrected chi connectivity index (χ1v) is 34.0. The van der Waals surface area contributed by atoms with Crippen LogP contribution in [-0.2, 0) is 0 Å². The molecule has 396 valence electrons. The molecule has 0 radical (unpaired) electrons. The summed E-state index contributed by atoms with van der Waals surface area (Å²) >= 11 is 0. The van der Waals surface area contributed by atoms with Gasteiger partial charge in [-0.2, -0.15) is 0 Å². The van der Waals surface area contributed by atoms with Crippen LogP contribution >= 0.6 is 0 Å². The molecule has 18 bridgehead atoms. The van der Waals surface area contributed by atoms with Crippen LogP contribution in [0.15, 0.2) is 0 Å². The molecule has 0 heterocycles. The van der Waals surface area contributed by atoms with Crippen LogP contribution in [0.5, 0.6) is 0 Å². The standard InChI is InChI=1S/C10H18.2C9H16.2C8H14.2C7H12.C6H10.C5H8/c1-2-5-10-7-3-6-9(4-1)8-10;1-3-8-5-2-6-9(4-1)7-8;1-2-4-9-6-5-8(3-1)7-9;1-2-7-4-5-8(3-1)6-7;1-2-4-8-5-7(3-1)6-8;1-2-7-4-3-6(1)5-7;1-2-6-4-7(3-1)5-6;1-2-6-3-5(1)4-6;1-4-2-5(1)3-4/h9-10H,1-8H2;2*8-9H,1-7H2;2*7-8H,1-6H2;2*6-7H,1-5H2;5-6H,1-4H2;4-5H,1-3H2. The Morgan fingerprint density at radius 3 is 0.348 bits per heavy atom. The smallest absolute Gasteiger partial charge is 0.0406 e. The van der Waals surface area contributed by atoms with Crippen molar-refractivity contribution in [2.75, 3.05) is 0 Å². The molecule has 22 rings (SSSR count). The Balaban J connectivity index is 0.0000000906. The molecular formula is C69H120. The summed E-state index contributed by atoms with van der Waals surface area (Å²) in [5.41, 5.74) is 0. The predicted molar refractivity (Wildman–Crippen MR) is 298 cm³/mol. The SMILES string of the molecule is C1C2CC1C2.C1CC2CC(C1)C2.C1CC2CC1C2.C1CC2CCC(C1)C2.C1CC2CCC1C2.C1CC2CCCC(C1)C2.C1CCC2CC(C1)C2.C1CCC2CCC(C1)C2.C1CCC2CCCC(C1)C2. The van der Waals surface area contributed by atoms with Crippen LogP contribution in [0.2, 0.25) is 0 Å². The second kappa shape index (κ2) is 27.7. The average molecular weight is 950 g/mol. The molecule has 22 saturated carbocycles. The maximum absolute atomic E-state index is 1.58. The predicted octanol–water partition coefficient (Wildman–Crippen LogP) is 22.1. The van der Waals surface area contributed by atoms with Crippen LogP contribution < -0.4 is 0 Å². The lowest BCUT2D eigenvalue weighted by atomic mass is 9.56. The van der Waals surface area contributed by atoms with E-state index in [1.165, 1.54) is 130 Å². The van der Waals surface area contributed by atoms with Gasteiger partial charge < -0.3 is 0 Å². The highest BCUT2D eigenvalue weighted by molar-refractivity contribution is 4.92. The van der Waals surface area contributed by atoms with Crippen LogP contribution in [0.1, 0.15) is 327 Å². The van der Waals surface area contributed by atoms with E-state index < -0.39 is 0 Å². The van der Waals surface area contributed by atoms with Crippen LogP contribution in [0, 0.1) is 107 Å². The second-order valence-electron chi connectivity index (χ2n) is 30.3. The lowest BCUT2D eigenvalue weighted by molar-refractivity contribution is 0.0198. The third kappa shape index (κ3) is 17.0. The molecule has 0 aliphatic heterocycles. The van der Waals surface area contributed by atoms with E-state index in [-0.39, 0.29) is 0 Å². The molecule has 0 aromatic heterocycles. The number of rotatable bonds is 0. The highest BCUT2D eigenvalue weighted by Gasteiger charge is 2.41. The number of fused-ring (bicyclic) bond motifs is 16. The Morgan fingerprint density at radius 1 is 0.0870 bits per heavy atom. The third-order valence-corrected chi connectivity index (χ3v) is 24.8. The lowest BCUT2D eigenvalue weighted by Crippen LogP contribution is -2.38. The van der Waals surface area contributed by atoms with Crippen molar-refractivity contribution in [3.63, 3.8) is 0 Å². The fourth-order valence-electron chi connectivity index (χ4n) is 19.8. The Hall–Kier alpha value is 0. The third-order valence-electron chi connectivity index (χ3n) is 24.8. The van der Waals surface area contributed by atoms with Crippen molar-refractivity contribution in [2.24, 2.45) is 107 Å². The van der Waals surface area contributed by atoms with Gasteiger partial charge >= 0.3 is 0 Å². The highest BCUT2D eigenvalue weighted by atomic mass is 14.5. The van der Waals surface area contributed by atoms with Gasteiger partial charge in [-0.1, -0.05) is 238 Å². The Bertz CT molecular complexity index is 1250. The highest BCUT2D eigenvalue weighted by Crippen LogP contribution is 2.53. The average Bonchev–Trinajstić information content (AvgIpc) is 4.18. The lowest BCUT2D eigenvalue weighted by Gasteiger charge is -2.49. The van der Waals surface area contributed by atoms with Crippen LogP contribution in [0.3, 0.4) is 0 Å². The van der Waals surface area contributed by atoms with E-state index in [1.54, 1.807) is 257 Å². The minimum atomic E-state index is 1.14. The van der Waals surface area contributed by atoms with Crippen molar-refractivity contribution >= 4 is 0 Å². The van der Waals surface area contributed by atoms with E-state index in [1.807, 2.05) is 0 Å². The van der Waals surface area contributed by atoms with Gasteiger partial charge in [-0.3, -0.25) is 0 Å². The Labute approximate surface area is 431 Å². The molecule has 0 amide bonds. The van der Waals surface area contributed by atoms with Crippen molar-refractivity contribution in [1.29, 1.82) is 0 Å². The second-order valence-corrected chi connectivity index (χ2v) is 30.3. The summed E-state index contributed by atoms with van der Waals surface area (Å²) in [5.74, 6) is 21.0. The van der Waals surface area contributed by atoms with Crippen LogP contribution in [0.4, 0.5) is 0 Å². The molecule has 6 unspecified atom stereocenters. The van der Waals surface area contributed by atoms with Crippen molar-refractivity contribution < 1.29 is 0 Å². The van der Waals surface area contributed by atoms with Gasteiger partial charge in [0.1, 0.15) is 0 Å². The fraction of sp³-hybridized carbons (Fsp3) is 1.00. The molecule has 22 aliphatic carbocycles. The van der Waals surface area contributed by atoms with Crippen LogP contribution in [-0.4, -0.2) is 0 Å². The first kappa shape index (κ1) is 52.4. The molecule has 0 N–H and O–H groups in total. The van der Waals surface area contributed by atoms with E-state index in [0.717, 1.165) is 47.3 Å². The van der Waals surface area contributed by atoms with Gasteiger partial charge in [-0.05, 0) is 196 Å². The zero-order valence-corrected chi connectivity index (χ0v) is 46.5. The molecule has 0 spiro atoms. The van der Waals surface area contributed by atoms with Gasteiger partial charge in [0.2, 0.25) is 0 Å². The van der Waals surface area contributed by atoms with Gasteiger partial charge in [-0.25, -0.2) is 0 Å². The maximum atomic E-state index is 1.58. The van der Waals surface area contributed by atoms with E-state index in [0.29, 0.717) is 0 Å². The van der Waals surface area contributed by atoms with E-state index in [9.17, 15) is 0 Å². The molecule has 0 heteroatoms. The summed E-state index contributed by atoms with van der Waals surface area (Å²) in [6.07, 6.45) is 79.5. The Kier molecular flexibility index (Phi) is 21.0. The van der Waals surface area contributed by atoms with E-state index in [2.05, 4.69) is 0 Å².